The smallest absolute Gasteiger partial charge is 0.227 e. The van der Waals surface area contributed by atoms with Crippen molar-refractivity contribution >= 4 is 5.91 Å². The van der Waals surface area contributed by atoms with Gasteiger partial charge in [0.05, 0.1) is 25.7 Å². The monoisotopic (exact) mass is 293 g/mol. The molecule has 0 aliphatic carbocycles. The molecule has 4 nitrogen and oxygen atoms in total. The summed E-state index contributed by atoms with van der Waals surface area (Å²) in [5.74, 6) is 0.464. The Hall–Kier alpha value is -1.39. The van der Waals surface area contributed by atoms with Gasteiger partial charge in [0.2, 0.25) is 5.91 Å². The minimum atomic E-state index is -0.170. The molecule has 4 heteroatoms. The highest BCUT2D eigenvalue weighted by atomic mass is 16.5. The van der Waals surface area contributed by atoms with Crippen LogP contribution in [0.5, 0.6) is 0 Å². The molecule has 0 heterocycles. The van der Waals surface area contributed by atoms with Crippen molar-refractivity contribution in [1.82, 2.24) is 5.32 Å². The highest BCUT2D eigenvalue weighted by molar-refractivity contribution is 5.83. The summed E-state index contributed by atoms with van der Waals surface area (Å²) in [6.07, 6.45) is 1.06. The molecule has 1 aromatic rings. The van der Waals surface area contributed by atoms with Gasteiger partial charge in [0.1, 0.15) is 0 Å². The fraction of sp³-hybridized carbons (Fsp3) is 0.588. The third-order valence-corrected chi connectivity index (χ3v) is 3.30. The maximum absolute atomic E-state index is 12.0. The van der Waals surface area contributed by atoms with Crippen LogP contribution in [0.4, 0.5) is 0 Å². The van der Waals surface area contributed by atoms with Crippen LogP contribution in [-0.4, -0.2) is 37.4 Å². The highest BCUT2D eigenvalue weighted by Gasteiger charge is 2.14. The lowest BCUT2D eigenvalue weighted by Gasteiger charge is -2.13. The molecule has 0 spiro atoms. The molecular weight excluding hydrogens is 266 g/mol. The van der Waals surface area contributed by atoms with Gasteiger partial charge in [-0.05, 0) is 30.4 Å². The maximum atomic E-state index is 12.0. The van der Waals surface area contributed by atoms with Gasteiger partial charge in [-0.2, -0.15) is 0 Å². The Kier molecular flexibility index (Phi) is 8.01. The van der Waals surface area contributed by atoms with Crippen LogP contribution in [0.1, 0.15) is 37.8 Å². The fourth-order valence-corrected chi connectivity index (χ4v) is 2.13. The molecule has 0 aliphatic heterocycles. The minimum Gasteiger partial charge on any atom is -0.394 e. The van der Waals surface area contributed by atoms with Crippen LogP contribution >= 0.6 is 0 Å². The van der Waals surface area contributed by atoms with E-state index < -0.39 is 0 Å². The van der Waals surface area contributed by atoms with Gasteiger partial charge in [0, 0.05) is 6.54 Å². The molecule has 0 fully saturated rings. The molecular formula is C17H27NO3. The second kappa shape index (κ2) is 9.53. The van der Waals surface area contributed by atoms with E-state index in [1.165, 1.54) is 5.56 Å². The molecule has 21 heavy (non-hydrogen) atoms. The van der Waals surface area contributed by atoms with Crippen molar-refractivity contribution in [2.75, 3.05) is 26.4 Å². The zero-order valence-electron chi connectivity index (χ0n) is 13.3. The molecule has 0 saturated heterocycles. The third kappa shape index (κ3) is 6.74. The van der Waals surface area contributed by atoms with E-state index in [0.29, 0.717) is 25.7 Å². The van der Waals surface area contributed by atoms with Crippen LogP contribution in [-0.2, 0) is 16.0 Å². The number of amides is 1. The summed E-state index contributed by atoms with van der Waals surface area (Å²) in [5, 5.41) is 11.4. The van der Waals surface area contributed by atoms with Crippen LogP contribution in [0.2, 0.25) is 0 Å². The summed E-state index contributed by atoms with van der Waals surface area (Å²) in [6, 6.07) is 8.27. The van der Waals surface area contributed by atoms with Gasteiger partial charge in [-0.25, -0.2) is 0 Å². The Morgan fingerprint density at radius 3 is 2.43 bits per heavy atom. The lowest BCUT2D eigenvalue weighted by atomic mass is 9.96. The van der Waals surface area contributed by atoms with Gasteiger partial charge in [-0.3, -0.25) is 4.79 Å². The van der Waals surface area contributed by atoms with E-state index in [-0.39, 0.29) is 18.4 Å². The summed E-state index contributed by atoms with van der Waals surface area (Å²) in [7, 11) is 0. The molecule has 1 rings (SSSR count). The van der Waals surface area contributed by atoms with Crippen LogP contribution in [0, 0.1) is 5.92 Å². The van der Waals surface area contributed by atoms with E-state index in [1.807, 2.05) is 19.1 Å². The van der Waals surface area contributed by atoms with E-state index >= 15 is 0 Å². The summed E-state index contributed by atoms with van der Waals surface area (Å²) in [5.41, 5.74) is 2.33. The predicted molar refractivity (Wildman–Crippen MR) is 84.3 cm³/mol. The molecule has 0 radical (unpaired) electrons. The van der Waals surface area contributed by atoms with Crippen LogP contribution in [0.3, 0.4) is 0 Å². The van der Waals surface area contributed by atoms with E-state index in [1.54, 1.807) is 0 Å². The number of ether oxygens (including phenoxy) is 1. The van der Waals surface area contributed by atoms with Crippen LogP contribution in [0.15, 0.2) is 24.3 Å². The first-order valence-electron chi connectivity index (χ1n) is 7.59. The normalized spacial score (nSPS) is 12.4. The largest absolute Gasteiger partial charge is 0.394 e. The quantitative estimate of drug-likeness (QED) is 0.686. The van der Waals surface area contributed by atoms with Gasteiger partial charge in [0.15, 0.2) is 0 Å². The molecule has 1 unspecified atom stereocenters. The Morgan fingerprint density at radius 1 is 1.19 bits per heavy atom. The molecule has 0 bridgehead atoms. The van der Waals surface area contributed by atoms with E-state index in [2.05, 4.69) is 31.3 Å². The topological polar surface area (TPSA) is 58.6 Å². The van der Waals surface area contributed by atoms with Crippen molar-refractivity contribution in [2.24, 2.45) is 5.92 Å². The molecule has 1 amide bonds. The molecule has 2 N–H and O–H groups in total. The Labute approximate surface area is 127 Å². The number of hydrogen-bond acceptors (Lipinski definition) is 3. The molecule has 1 atom stereocenters. The molecule has 0 aromatic heterocycles. The van der Waals surface area contributed by atoms with Crippen molar-refractivity contribution in [3.8, 4) is 0 Å². The molecule has 1 aromatic carbocycles. The first-order chi connectivity index (χ1) is 10.0. The molecule has 0 saturated carbocycles. The number of carbonyl (C=O) groups is 1. The third-order valence-electron chi connectivity index (χ3n) is 3.30. The van der Waals surface area contributed by atoms with Gasteiger partial charge in [0.25, 0.3) is 0 Å². The predicted octanol–water partition coefficient (Wildman–Crippen LogP) is 2.11. The molecule has 118 valence electrons. The average molecular weight is 293 g/mol. The minimum absolute atomic E-state index is 0.000733. The Balaban J connectivity index is 2.42. The first-order valence-corrected chi connectivity index (χ1v) is 7.59. The highest BCUT2D eigenvalue weighted by Crippen LogP contribution is 2.17. The van der Waals surface area contributed by atoms with Gasteiger partial charge in [-0.1, -0.05) is 38.1 Å². The first kappa shape index (κ1) is 17.7. The van der Waals surface area contributed by atoms with E-state index in [0.717, 1.165) is 12.0 Å². The van der Waals surface area contributed by atoms with Crippen molar-refractivity contribution in [1.29, 1.82) is 0 Å². The second-order valence-electron chi connectivity index (χ2n) is 5.69. The average Bonchev–Trinajstić information content (AvgIpc) is 2.46. The lowest BCUT2D eigenvalue weighted by molar-refractivity contribution is -0.122. The number of benzene rings is 1. The zero-order valence-corrected chi connectivity index (χ0v) is 13.3. The Bertz CT molecular complexity index is 415. The Morgan fingerprint density at radius 2 is 1.86 bits per heavy atom. The number of aliphatic hydroxyl groups excluding tert-OH is 1. The molecule has 0 aliphatic rings. The maximum Gasteiger partial charge on any atom is 0.227 e. The van der Waals surface area contributed by atoms with Gasteiger partial charge in [-0.15, -0.1) is 0 Å². The number of hydrogen-bond donors (Lipinski definition) is 2. The summed E-state index contributed by atoms with van der Waals surface area (Å²) in [4.78, 5) is 12.0. The van der Waals surface area contributed by atoms with Crippen molar-refractivity contribution in [3.63, 3.8) is 0 Å². The standard InChI is InChI=1S/C17H27NO3/c1-13(2)12-15-4-6-16(7-5-15)14(3)17(20)18-8-10-21-11-9-19/h4-7,13-14,19H,8-12H2,1-3H3,(H,18,20). The van der Waals surface area contributed by atoms with Gasteiger partial charge < -0.3 is 15.2 Å². The van der Waals surface area contributed by atoms with Gasteiger partial charge >= 0.3 is 0 Å². The number of nitrogens with one attached hydrogen (secondary N) is 1. The van der Waals surface area contributed by atoms with E-state index in [4.69, 9.17) is 9.84 Å². The van der Waals surface area contributed by atoms with E-state index in [9.17, 15) is 4.79 Å². The van der Waals surface area contributed by atoms with Crippen LogP contribution in [0.25, 0.3) is 0 Å². The fourth-order valence-electron chi connectivity index (χ4n) is 2.13. The van der Waals surface area contributed by atoms with Crippen molar-refractivity contribution < 1.29 is 14.6 Å². The summed E-state index contributed by atoms with van der Waals surface area (Å²) < 4.78 is 5.11. The number of carbonyl (C=O) groups excluding carboxylic acids is 1. The van der Waals surface area contributed by atoms with Crippen molar-refractivity contribution in [3.05, 3.63) is 35.4 Å². The number of rotatable bonds is 9. The van der Waals surface area contributed by atoms with Crippen LogP contribution < -0.4 is 5.32 Å². The zero-order chi connectivity index (χ0) is 15.7. The number of aliphatic hydroxyl groups is 1. The summed E-state index contributed by atoms with van der Waals surface area (Å²) >= 11 is 0. The summed E-state index contributed by atoms with van der Waals surface area (Å²) in [6.45, 7) is 7.50. The lowest BCUT2D eigenvalue weighted by Crippen LogP contribution is -2.31. The van der Waals surface area contributed by atoms with Crippen molar-refractivity contribution in [2.45, 2.75) is 33.1 Å². The second-order valence-corrected chi connectivity index (χ2v) is 5.69. The SMILES string of the molecule is CC(C)Cc1ccc(C(C)C(=O)NCCOCCO)cc1.